The highest BCUT2D eigenvalue weighted by atomic mass is 16.6. The number of ether oxygens (including phenoxy) is 4. The first kappa shape index (κ1) is 53.8. The molecule has 3 heterocycles. The van der Waals surface area contributed by atoms with E-state index in [9.17, 15) is 44.4 Å². The van der Waals surface area contributed by atoms with E-state index in [4.69, 9.17) is 18.9 Å². The lowest BCUT2D eigenvalue weighted by Gasteiger charge is -2.42. The number of allylic oxidation sites excluding steroid dienone is 2. The molecule has 4 rings (SSSR count). The van der Waals surface area contributed by atoms with Crippen LogP contribution >= 0.6 is 0 Å². The van der Waals surface area contributed by atoms with E-state index in [1.807, 2.05) is 26.8 Å². The number of methoxy groups -OCH3 is 2. The van der Waals surface area contributed by atoms with Gasteiger partial charge in [-0.25, -0.2) is 4.79 Å². The summed E-state index contributed by atoms with van der Waals surface area (Å²) in [6.45, 7) is 12.8. The number of carbonyl (C=O) groups excluding carboxylic acids is 5. The Balaban J connectivity index is 1.66. The van der Waals surface area contributed by atoms with Crippen LogP contribution in [0.1, 0.15) is 151 Å². The zero-order valence-corrected chi connectivity index (χ0v) is 40.2. The van der Waals surface area contributed by atoms with E-state index >= 15 is 0 Å². The van der Waals surface area contributed by atoms with Crippen molar-refractivity contribution in [1.82, 2.24) is 4.90 Å². The van der Waals surface area contributed by atoms with Crippen molar-refractivity contribution in [2.45, 2.75) is 206 Å². The fourth-order valence-electron chi connectivity index (χ4n) is 10.4. The van der Waals surface area contributed by atoms with E-state index in [1.54, 1.807) is 34.0 Å². The molecule has 0 aromatic heterocycles. The minimum atomic E-state index is -2.46. The van der Waals surface area contributed by atoms with Gasteiger partial charge in [-0.15, -0.1) is 0 Å². The summed E-state index contributed by atoms with van der Waals surface area (Å²) >= 11 is 0. The molecule has 0 spiro atoms. The van der Waals surface area contributed by atoms with Crippen molar-refractivity contribution in [1.29, 1.82) is 0 Å². The molecule has 3 fully saturated rings. The number of nitrogens with zero attached hydrogens (tertiary/aromatic N) is 1. The average molecular weight is 904 g/mol. The second kappa shape index (κ2) is 24.8. The molecule has 0 aromatic carbocycles. The Labute approximate surface area is 381 Å². The Hall–Kier alpha value is -2.85. The molecule has 0 radical (unpaired) electrons. The molecule has 2 saturated heterocycles. The summed E-state index contributed by atoms with van der Waals surface area (Å²) in [5, 5.41) is 44.9. The van der Waals surface area contributed by atoms with Gasteiger partial charge in [0.1, 0.15) is 30.1 Å². The number of Topliss-reactive ketones (excluding diaryl/α,β-unsaturated/α-hetero) is 3. The monoisotopic (exact) mass is 904 g/mol. The van der Waals surface area contributed by atoms with Crippen molar-refractivity contribution in [3.8, 4) is 0 Å². The molecular weight excluding hydrogens is 823 g/mol. The van der Waals surface area contributed by atoms with Crippen molar-refractivity contribution in [2.24, 2.45) is 35.5 Å². The SMILES string of the molecule is CO[C@@H]1C[C@@H](C[C@@H](C)[C@@H]2CC(=O)[C@H](C)/C=C(\C)[C@@H](O)[C@@H](OC)C(=O)[C@H](C)C[C@H](C)CCCC/C=C(\C)[C@@H](O)C[C@@H]3CC[C@@H](C)[C@@](O)(O3)C(=O)C(=O)N3CCCC[C@H]3C(=O)O2)CC[C@H]1O. The third-order valence-corrected chi connectivity index (χ3v) is 14.8. The highest BCUT2D eigenvalue weighted by Gasteiger charge is 2.53. The van der Waals surface area contributed by atoms with Crippen LogP contribution in [0.2, 0.25) is 0 Å². The summed E-state index contributed by atoms with van der Waals surface area (Å²) in [5.41, 5.74) is 1.14. The normalized spacial score (nSPS) is 40.4. The Morgan fingerprint density at radius 2 is 1.55 bits per heavy atom. The summed E-state index contributed by atoms with van der Waals surface area (Å²) in [6.07, 6.45) is 6.28. The molecule has 0 aromatic rings. The number of fused-ring (bicyclic) bond motifs is 3. The molecule has 14 nitrogen and oxygen atoms in total. The Morgan fingerprint density at radius 1 is 0.844 bits per heavy atom. The Bertz CT molecular complexity index is 1650. The van der Waals surface area contributed by atoms with Gasteiger partial charge in [0.05, 0.1) is 24.4 Å². The zero-order valence-electron chi connectivity index (χ0n) is 40.2. The number of amides is 1. The van der Waals surface area contributed by atoms with E-state index in [0.29, 0.717) is 56.9 Å². The summed E-state index contributed by atoms with van der Waals surface area (Å²) in [4.78, 5) is 71.5. The van der Waals surface area contributed by atoms with Crippen LogP contribution < -0.4 is 0 Å². The Morgan fingerprint density at radius 3 is 2.23 bits per heavy atom. The van der Waals surface area contributed by atoms with E-state index in [0.717, 1.165) is 37.7 Å². The van der Waals surface area contributed by atoms with Crippen LogP contribution in [0.4, 0.5) is 0 Å². The molecule has 0 unspecified atom stereocenters. The number of esters is 1. The maximum absolute atomic E-state index is 14.3. The number of hydrogen-bond donors (Lipinski definition) is 4. The van der Waals surface area contributed by atoms with E-state index in [2.05, 4.69) is 6.92 Å². The third-order valence-electron chi connectivity index (χ3n) is 14.8. The number of hydrogen-bond acceptors (Lipinski definition) is 13. The molecule has 1 amide bonds. The predicted octanol–water partition coefficient (Wildman–Crippen LogP) is 5.97. The fourth-order valence-corrected chi connectivity index (χ4v) is 10.4. The largest absolute Gasteiger partial charge is 0.460 e. The van der Waals surface area contributed by atoms with Crippen molar-refractivity contribution in [2.75, 3.05) is 20.8 Å². The van der Waals surface area contributed by atoms with Crippen molar-refractivity contribution >= 4 is 29.2 Å². The fraction of sp³-hybridized carbons (Fsp3) is 0.820. The summed E-state index contributed by atoms with van der Waals surface area (Å²) in [5.74, 6) is -7.75. The third kappa shape index (κ3) is 14.1. The minimum Gasteiger partial charge on any atom is -0.460 e. The average Bonchev–Trinajstić information content (AvgIpc) is 3.26. The first-order chi connectivity index (χ1) is 30.2. The molecular formula is C50H81NO13. The minimum absolute atomic E-state index is 0.0784. The molecule has 1 saturated carbocycles. The highest BCUT2D eigenvalue weighted by molar-refractivity contribution is 6.39. The summed E-state index contributed by atoms with van der Waals surface area (Å²) in [7, 11) is 2.95. The maximum atomic E-state index is 14.3. The molecule has 2 bridgehead atoms. The van der Waals surface area contributed by atoms with Crippen molar-refractivity contribution < 1.29 is 63.3 Å². The van der Waals surface area contributed by atoms with Crippen LogP contribution in [0.15, 0.2) is 23.3 Å². The Kier molecular flexibility index (Phi) is 20.8. The molecule has 4 N–H and O–H groups in total. The zero-order chi connectivity index (χ0) is 47.5. The van der Waals surface area contributed by atoms with Gasteiger partial charge in [0.2, 0.25) is 5.79 Å². The van der Waals surface area contributed by atoms with E-state index in [-0.39, 0.29) is 67.1 Å². The molecule has 4 aliphatic rings. The number of cyclic esters (lactones) is 1. The standard InChI is InChI=1S/C50H81NO13/c1-29-15-11-10-12-16-30(2)40(53)27-37-20-18-35(7)50(60,64-37)47(57)48(58)51-22-14-13-17-38(51)49(59)63-42(32(4)25-36-19-21-39(52)43(26-36)61-8)28-41(54)31(3)24-34(6)45(56)46(62-9)44(55)33(5)23-29/h16,24,29,31-33,35-40,42-43,45-46,52-53,56,60H,10-15,17-23,25-28H2,1-9H3/b30-16+,34-24+/t29-,31-,32-,33-,35-,36-,37+,38+,39-,40+,42+,43-,45-,46+,50-/m1/s1. The molecule has 3 aliphatic heterocycles. The van der Waals surface area contributed by atoms with Gasteiger partial charge in [-0.3, -0.25) is 19.2 Å². The van der Waals surface area contributed by atoms with Gasteiger partial charge < -0.3 is 44.3 Å². The lowest BCUT2D eigenvalue weighted by atomic mass is 9.78. The number of ketones is 3. The van der Waals surface area contributed by atoms with Crippen LogP contribution in [0.5, 0.6) is 0 Å². The number of aliphatic hydroxyl groups excluding tert-OH is 3. The number of carbonyl (C=O) groups is 5. The van der Waals surface area contributed by atoms with Crippen molar-refractivity contribution in [3.05, 3.63) is 23.3 Å². The smallest absolute Gasteiger partial charge is 0.329 e. The van der Waals surface area contributed by atoms with Gasteiger partial charge in [-0.05, 0) is 120 Å². The topological polar surface area (TPSA) is 206 Å². The van der Waals surface area contributed by atoms with Gasteiger partial charge in [-0.1, -0.05) is 59.6 Å². The second-order valence-electron chi connectivity index (χ2n) is 20.1. The van der Waals surface area contributed by atoms with Crippen LogP contribution in [0, 0.1) is 35.5 Å². The van der Waals surface area contributed by atoms with Crippen LogP contribution in [-0.4, -0.2) is 130 Å². The lowest BCUT2D eigenvalue weighted by molar-refractivity contribution is -0.265. The molecule has 15 atom stereocenters. The molecule has 364 valence electrons. The lowest BCUT2D eigenvalue weighted by Crippen LogP contribution is -2.61. The van der Waals surface area contributed by atoms with Gasteiger partial charge in [0.15, 0.2) is 5.78 Å². The van der Waals surface area contributed by atoms with Gasteiger partial charge in [0, 0.05) is 51.4 Å². The van der Waals surface area contributed by atoms with Gasteiger partial charge in [-0.2, -0.15) is 0 Å². The predicted molar refractivity (Wildman–Crippen MR) is 241 cm³/mol. The van der Waals surface area contributed by atoms with Gasteiger partial charge >= 0.3 is 5.97 Å². The number of rotatable bonds is 5. The van der Waals surface area contributed by atoms with Crippen LogP contribution in [0.3, 0.4) is 0 Å². The van der Waals surface area contributed by atoms with Crippen molar-refractivity contribution in [3.63, 3.8) is 0 Å². The van der Waals surface area contributed by atoms with E-state index in [1.165, 1.54) is 12.0 Å². The van der Waals surface area contributed by atoms with Gasteiger partial charge in [0.25, 0.3) is 11.7 Å². The van der Waals surface area contributed by atoms with E-state index < -0.39 is 77.9 Å². The molecule has 1 aliphatic carbocycles. The maximum Gasteiger partial charge on any atom is 0.329 e. The summed E-state index contributed by atoms with van der Waals surface area (Å²) in [6, 6.07) is -1.15. The first-order valence-corrected chi connectivity index (χ1v) is 24.2. The van der Waals surface area contributed by atoms with Crippen LogP contribution in [0.25, 0.3) is 0 Å². The second-order valence-corrected chi connectivity index (χ2v) is 20.1. The van der Waals surface area contributed by atoms with Crippen LogP contribution in [-0.2, 0) is 42.9 Å². The highest BCUT2D eigenvalue weighted by Crippen LogP contribution is 2.37. The summed E-state index contributed by atoms with van der Waals surface area (Å²) < 4.78 is 23.4. The molecule has 64 heavy (non-hydrogen) atoms. The number of aliphatic hydroxyl groups is 4. The number of piperidine rings is 1. The first-order valence-electron chi connectivity index (χ1n) is 24.2. The molecule has 14 heteroatoms. The quantitative estimate of drug-likeness (QED) is 0.143.